The number of urea groups is 1. The fraction of sp³-hybridized carbons (Fsp3) is 0.643. The van der Waals surface area contributed by atoms with Crippen LogP contribution in [0.15, 0.2) is 30.0 Å². The maximum atomic E-state index is 13.3. The number of aliphatic hydroxyl groups is 1. The molecule has 2 aliphatic rings. The number of aliphatic hydroxyl groups excluding tert-OH is 1. The molecule has 0 spiro atoms. The van der Waals surface area contributed by atoms with Crippen LogP contribution in [0.2, 0.25) is 5.02 Å². The highest BCUT2D eigenvalue weighted by Gasteiger charge is 2.47. The number of hydrogen-bond donors (Lipinski definition) is 3. The van der Waals surface area contributed by atoms with Gasteiger partial charge in [-0.2, -0.15) is 0 Å². The van der Waals surface area contributed by atoms with Gasteiger partial charge in [0.2, 0.25) is 0 Å². The van der Waals surface area contributed by atoms with Crippen LogP contribution in [0.5, 0.6) is 0 Å². The quantitative estimate of drug-likeness (QED) is 0.378. The van der Waals surface area contributed by atoms with Crippen LogP contribution in [-0.4, -0.2) is 39.8 Å². The van der Waals surface area contributed by atoms with Gasteiger partial charge in [0.15, 0.2) is 0 Å². The van der Waals surface area contributed by atoms with E-state index in [9.17, 15) is 19.8 Å². The second-order valence-corrected chi connectivity index (χ2v) is 12.7. The van der Waals surface area contributed by atoms with E-state index in [1.54, 1.807) is 4.90 Å². The fourth-order valence-electron chi connectivity index (χ4n) is 5.22. The summed E-state index contributed by atoms with van der Waals surface area (Å²) in [4.78, 5) is 26.4. The van der Waals surface area contributed by atoms with Gasteiger partial charge in [0.05, 0.1) is 5.54 Å². The van der Waals surface area contributed by atoms with Gasteiger partial charge in [-0.1, -0.05) is 58.4 Å². The average Bonchev–Trinajstić information content (AvgIpc) is 2.71. The van der Waals surface area contributed by atoms with Crippen LogP contribution < -0.4 is 5.32 Å². The molecule has 35 heavy (non-hydrogen) atoms. The standard InChI is InChI=1S/C28H41ClN2O4/c1-26(2,3)11-9-19-7-8-20(15-22(19)29)28(6)23(27(4,5)12-10-24(33)34)16-31(25(35)30-28)21-13-18(14-21)17-32/h7-8,15-16,18,21,32H,9-14,17H2,1-6H3,(H,30,35)(H,33,34)/t18-,21-,28?. The Hall–Kier alpha value is -2.05. The average molecular weight is 505 g/mol. The minimum atomic E-state index is -0.840. The van der Waals surface area contributed by atoms with Gasteiger partial charge in [-0.3, -0.25) is 9.69 Å². The number of aryl methyl sites for hydroxylation is 1. The number of carbonyl (C=O) groups excluding carboxylic acids is 1. The van der Waals surface area contributed by atoms with Gasteiger partial charge in [0, 0.05) is 30.3 Å². The lowest BCUT2D eigenvalue weighted by atomic mass is 9.68. The summed E-state index contributed by atoms with van der Waals surface area (Å²) < 4.78 is 0. The third kappa shape index (κ3) is 6.21. The van der Waals surface area contributed by atoms with Crippen molar-refractivity contribution in [2.45, 2.75) is 91.6 Å². The number of hydrogen-bond acceptors (Lipinski definition) is 3. The van der Waals surface area contributed by atoms with Crippen molar-refractivity contribution in [3.8, 4) is 0 Å². The minimum absolute atomic E-state index is 0.0327. The summed E-state index contributed by atoms with van der Waals surface area (Å²) in [5.74, 6) is -0.620. The molecule has 1 aliphatic carbocycles. The number of rotatable bonds is 9. The van der Waals surface area contributed by atoms with Gasteiger partial charge >= 0.3 is 12.0 Å². The van der Waals surface area contributed by atoms with Crippen LogP contribution in [-0.2, 0) is 16.8 Å². The first-order valence-corrected chi connectivity index (χ1v) is 13.0. The van der Waals surface area contributed by atoms with Crippen molar-refractivity contribution in [1.29, 1.82) is 0 Å². The van der Waals surface area contributed by atoms with Gasteiger partial charge < -0.3 is 15.5 Å². The number of carboxylic acids is 1. The Balaban J connectivity index is 1.99. The first-order valence-electron chi connectivity index (χ1n) is 12.6. The molecule has 3 rings (SSSR count). The van der Waals surface area contributed by atoms with Gasteiger partial charge in [0.25, 0.3) is 0 Å². The molecule has 1 atom stereocenters. The van der Waals surface area contributed by atoms with E-state index in [1.165, 1.54) is 0 Å². The predicted molar refractivity (Wildman–Crippen MR) is 139 cm³/mol. The number of carbonyl (C=O) groups is 2. The molecule has 0 radical (unpaired) electrons. The molecule has 3 N–H and O–H groups in total. The van der Waals surface area contributed by atoms with Crippen LogP contribution in [0.3, 0.4) is 0 Å². The van der Waals surface area contributed by atoms with Crippen LogP contribution in [0.25, 0.3) is 0 Å². The second-order valence-electron chi connectivity index (χ2n) is 12.3. The summed E-state index contributed by atoms with van der Waals surface area (Å²) in [7, 11) is 0. The zero-order valence-corrected chi connectivity index (χ0v) is 22.7. The van der Waals surface area contributed by atoms with Crippen molar-refractivity contribution >= 4 is 23.6 Å². The molecular formula is C28H41ClN2O4. The Morgan fingerprint density at radius 1 is 1.20 bits per heavy atom. The SMILES string of the molecule is CC(C)(C)CCc1ccc(C2(C)NC(=O)N([C@H]3C[C@H](CO)C3)C=C2C(C)(C)CCC(=O)O)cc1Cl. The van der Waals surface area contributed by atoms with Crippen molar-refractivity contribution in [2.75, 3.05) is 6.61 Å². The van der Waals surface area contributed by atoms with Crippen LogP contribution in [0, 0.1) is 16.7 Å². The van der Waals surface area contributed by atoms with E-state index in [0.29, 0.717) is 11.4 Å². The Kier molecular flexibility index (Phi) is 7.97. The zero-order valence-electron chi connectivity index (χ0n) is 21.9. The summed E-state index contributed by atoms with van der Waals surface area (Å²) in [6.45, 7) is 12.8. The monoisotopic (exact) mass is 504 g/mol. The molecule has 1 heterocycles. The Morgan fingerprint density at radius 3 is 2.40 bits per heavy atom. The molecular weight excluding hydrogens is 464 g/mol. The molecule has 7 heteroatoms. The molecule has 0 aromatic heterocycles. The number of amides is 2. The molecule has 6 nitrogen and oxygen atoms in total. The number of benzene rings is 1. The lowest BCUT2D eigenvalue weighted by Crippen LogP contribution is -2.60. The third-order valence-corrected chi connectivity index (χ3v) is 8.08. The van der Waals surface area contributed by atoms with E-state index in [-0.39, 0.29) is 36.4 Å². The number of aliphatic carboxylic acids is 1. The van der Waals surface area contributed by atoms with E-state index in [2.05, 4.69) is 26.1 Å². The molecule has 1 fully saturated rings. The smallest absolute Gasteiger partial charge is 0.322 e. The Labute approximate surface area is 214 Å². The topological polar surface area (TPSA) is 89.9 Å². The van der Waals surface area contributed by atoms with Crippen LogP contribution >= 0.6 is 11.6 Å². The van der Waals surface area contributed by atoms with E-state index >= 15 is 0 Å². The third-order valence-electron chi connectivity index (χ3n) is 7.73. The first kappa shape index (κ1) is 27.5. The highest BCUT2D eigenvalue weighted by Crippen LogP contribution is 2.47. The molecule has 1 aromatic rings. The lowest BCUT2D eigenvalue weighted by Gasteiger charge is -2.50. The van der Waals surface area contributed by atoms with Crippen molar-refractivity contribution in [2.24, 2.45) is 16.7 Å². The Bertz CT molecular complexity index is 991. The fourth-order valence-corrected chi connectivity index (χ4v) is 5.50. The molecule has 1 aliphatic heterocycles. The van der Waals surface area contributed by atoms with E-state index in [1.807, 2.05) is 45.2 Å². The zero-order chi connectivity index (χ0) is 26.2. The van der Waals surface area contributed by atoms with Crippen LogP contribution in [0.1, 0.15) is 84.8 Å². The highest BCUT2D eigenvalue weighted by atomic mass is 35.5. The minimum Gasteiger partial charge on any atom is -0.481 e. The molecule has 0 bridgehead atoms. The Morgan fingerprint density at radius 2 is 1.86 bits per heavy atom. The number of halogens is 1. The normalized spacial score (nSPS) is 25.1. The lowest BCUT2D eigenvalue weighted by molar-refractivity contribution is -0.137. The van der Waals surface area contributed by atoms with E-state index < -0.39 is 16.9 Å². The van der Waals surface area contributed by atoms with Crippen molar-refractivity contribution in [1.82, 2.24) is 10.2 Å². The molecule has 1 aromatic carbocycles. The highest BCUT2D eigenvalue weighted by molar-refractivity contribution is 6.31. The summed E-state index contributed by atoms with van der Waals surface area (Å²) in [6.07, 6.45) is 5.81. The summed E-state index contributed by atoms with van der Waals surface area (Å²) in [6, 6.07) is 5.88. The van der Waals surface area contributed by atoms with Crippen molar-refractivity contribution in [3.63, 3.8) is 0 Å². The van der Waals surface area contributed by atoms with Gasteiger partial charge in [-0.15, -0.1) is 0 Å². The molecule has 194 valence electrons. The number of carboxylic acid groups (broad SMARTS) is 1. The molecule has 1 saturated carbocycles. The molecule has 1 unspecified atom stereocenters. The summed E-state index contributed by atoms with van der Waals surface area (Å²) in [5, 5.41) is 22.7. The second kappa shape index (κ2) is 10.1. The maximum Gasteiger partial charge on any atom is 0.322 e. The van der Waals surface area contributed by atoms with Gasteiger partial charge in [0.1, 0.15) is 0 Å². The van der Waals surface area contributed by atoms with Gasteiger partial charge in [-0.25, -0.2) is 4.79 Å². The van der Waals surface area contributed by atoms with Crippen molar-refractivity contribution < 1.29 is 19.8 Å². The number of nitrogens with one attached hydrogen (secondary N) is 1. The van der Waals surface area contributed by atoms with Crippen LogP contribution in [0.4, 0.5) is 4.79 Å². The number of nitrogens with zero attached hydrogens (tertiary/aromatic N) is 1. The maximum absolute atomic E-state index is 13.3. The van der Waals surface area contributed by atoms with Gasteiger partial charge in [-0.05, 0) is 78.5 Å². The summed E-state index contributed by atoms with van der Waals surface area (Å²) in [5.41, 5.74) is 1.80. The first-order chi connectivity index (χ1) is 16.2. The molecule has 2 amide bonds. The largest absolute Gasteiger partial charge is 0.481 e. The molecule has 0 saturated heterocycles. The van der Waals surface area contributed by atoms with Crippen molar-refractivity contribution in [3.05, 3.63) is 46.1 Å². The van der Waals surface area contributed by atoms with E-state index in [4.69, 9.17) is 11.6 Å². The predicted octanol–water partition coefficient (Wildman–Crippen LogP) is 6.10. The summed E-state index contributed by atoms with van der Waals surface area (Å²) >= 11 is 6.74. The van der Waals surface area contributed by atoms with E-state index in [0.717, 1.165) is 42.4 Å².